The van der Waals surface area contributed by atoms with Crippen LogP contribution in [-0.2, 0) is 6.54 Å². The van der Waals surface area contributed by atoms with Crippen molar-refractivity contribution in [2.45, 2.75) is 52.7 Å². The average molecular weight is 683 g/mol. The average Bonchev–Trinajstić information content (AvgIpc) is 3.53. The molecular weight excluding hydrogens is 642 g/mol. The fourth-order valence-electron chi connectivity index (χ4n) is 4.24. The Kier molecular flexibility index (Phi) is 13.1. The highest BCUT2D eigenvalue weighted by Crippen LogP contribution is 2.25. The molecule has 46 heavy (non-hydrogen) atoms. The lowest BCUT2D eigenvalue weighted by molar-refractivity contribution is 0.271. The SMILES string of the molecule is Brc1ccccn1.CC[C@H](CO)Nc1nc(NCc2ccc(-c3ccccn3)cc2)c2ncn(C(C)C)c2n1.Cc1ccccn1. The van der Waals surface area contributed by atoms with Crippen LogP contribution in [0.15, 0.2) is 108 Å². The van der Waals surface area contributed by atoms with Gasteiger partial charge in [-0.05, 0) is 85.1 Å². The molecule has 0 radical (unpaired) electrons. The quantitative estimate of drug-likeness (QED) is 0.133. The smallest absolute Gasteiger partial charge is 0.227 e. The van der Waals surface area contributed by atoms with E-state index < -0.39 is 0 Å². The molecule has 11 heteroatoms. The molecule has 0 spiro atoms. The van der Waals surface area contributed by atoms with E-state index in [4.69, 9.17) is 0 Å². The Morgan fingerprint density at radius 3 is 2.02 bits per heavy atom. The van der Waals surface area contributed by atoms with Crippen molar-refractivity contribution < 1.29 is 5.11 Å². The normalized spacial score (nSPS) is 11.2. The van der Waals surface area contributed by atoms with E-state index in [2.05, 4.69) is 94.6 Å². The molecule has 0 aliphatic carbocycles. The number of nitrogens with zero attached hydrogens (tertiary/aromatic N) is 7. The number of nitrogens with one attached hydrogen (secondary N) is 2. The van der Waals surface area contributed by atoms with Crippen molar-refractivity contribution in [2.75, 3.05) is 17.2 Å². The summed E-state index contributed by atoms with van der Waals surface area (Å²) >= 11 is 3.20. The standard InChI is InChI=1S/C24H29N7O.C6H7N.C5H4BrN/c1-4-19(14-32)28-24-29-22(21-23(30-24)31(15-27-21)16(2)3)26-13-17-8-10-18(11-9-17)20-7-5-6-12-25-20;1-6-4-2-3-5-7-6;6-5-3-1-2-4-7-5/h5-12,15-16,19,32H,4,13-14H2,1-3H3,(H2,26,28,29,30);2-5H,1H3;1-4H/t19-;;/m1../s1. The van der Waals surface area contributed by atoms with Crippen LogP contribution in [0, 0.1) is 6.92 Å². The largest absolute Gasteiger partial charge is 0.394 e. The molecule has 0 saturated heterocycles. The number of aromatic nitrogens is 7. The number of halogens is 1. The highest BCUT2D eigenvalue weighted by Gasteiger charge is 2.16. The fraction of sp³-hybridized carbons (Fsp3) is 0.257. The zero-order valence-electron chi connectivity index (χ0n) is 26.5. The first kappa shape index (κ1) is 34.1. The minimum atomic E-state index is -0.102. The van der Waals surface area contributed by atoms with Crippen molar-refractivity contribution >= 4 is 38.9 Å². The summed E-state index contributed by atoms with van der Waals surface area (Å²) in [7, 11) is 0. The number of aliphatic hydroxyl groups excluding tert-OH is 1. The van der Waals surface area contributed by atoms with Crippen LogP contribution in [0.1, 0.15) is 44.5 Å². The van der Waals surface area contributed by atoms with E-state index in [1.54, 1.807) is 24.9 Å². The van der Waals surface area contributed by atoms with Crippen molar-refractivity contribution in [3.05, 3.63) is 120 Å². The maximum Gasteiger partial charge on any atom is 0.227 e. The Balaban J connectivity index is 0.000000280. The molecule has 0 aliphatic rings. The molecule has 0 aliphatic heterocycles. The summed E-state index contributed by atoms with van der Waals surface area (Å²) in [5, 5.41) is 16.2. The van der Waals surface area contributed by atoms with E-state index in [0.717, 1.165) is 44.7 Å². The first-order valence-electron chi connectivity index (χ1n) is 15.2. The Morgan fingerprint density at radius 1 is 0.826 bits per heavy atom. The number of anilines is 2. The van der Waals surface area contributed by atoms with E-state index in [0.29, 0.717) is 18.3 Å². The van der Waals surface area contributed by atoms with Gasteiger partial charge < -0.3 is 20.3 Å². The number of rotatable bonds is 9. The molecule has 1 atom stereocenters. The number of aliphatic hydroxyl groups is 1. The summed E-state index contributed by atoms with van der Waals surface area (Å²) in [5.41, 5.74) is 5.72. The number of hydrogen-bond donors (Lipinski definition) is 3. The second kappa shape index (κ2) is 17.7. The summed E-state index contributed by atoms with van der Waals surface area (Å²) in [5.74, 6) is 1.15. The van der Waals surface area contributed by atoms with E-state index in [9.17, 15) is 5.11 Å². The lowest BCUT2D eigenvalue weighted by atomic mass is 10.1. The molecule has 3 N–H and O–H groups in total. The van der Waals surface area contributed by atoms with Gasteiger partial charge in [0.2, 0.25) is 5.95 Å². The topological polar surface area (TPSA) is 127 Å². The van der Waals surface area contributed by atoms with E-state index >= 15 is 0 Å². The molecule has 6 aromatic rings. The summed E-state index contributed by atoms with van der Waals surface area (Å²) in [6, 6.07) is 25.9. The third-order valence-electron chi connectivity index (χ3n) is 6.84. The van der Waals surface area contributed by atoms with Crippen molar-refractivity contribution in [2.24, 2.45) is 0 Å². The Hall–Kier alpha value is -4.74. The molecule has 238 valence electrons. The van der Waals surface area contributed by atoms with Gasteiger partial charge in [-0.3, -0.25) is 9.97 Å². The molecular formula is C35H40BrN9O. The summed E-state index contributed by atoms with van der Waals surface area (Å²) in [6.45, 7) is 8.79. The molecule has 10 nitrogen and oxygen atoms in total. The molecule has 0 saturated carbocycles. The first-order valence-corrected chi connectivity index (χ1v) is 16.0. The fourth-order valence-corrected chi connectivity index (χ4v) is 4.52. The van der Waals surface area contributed by atoms with Gasteiger partial charge in [0.25, 0.3) is 0 Å². The van der Waals surface area contributed by atoms with Crippen LogP contribution in [0.2, 0.25) is 0 Å². The maximum absolute atomic E-state index is 9.57. The highest BCUT2D eigenvalue weighted by molar-refractivity contribution is 9.10. The lowest BCUT2D eigenvalue weighted by Gasteiger charge is -2.16. The molecule has 0 amide bonds. The second-order valence-corrected chi connectivity index (χ2v) is 11.4. The zero-order chi connectivity index (χ0) is 32.7. The minimum absolute atomic E-state index is 0.0206. The monoisotopic (exact) mass is 681 g/mol. The Labute approximate surface area is 278 Å². The van der Waals surface area contributed by atoms with Crippen molar-refractivity contribution in [3.8, 4) is 11.3 Å². The molecule has 5 aromatic heterocycles. The molecule has 6 rings (SSSR count). The van der Waals surface area contributed by atoms with Gasteiger partial charge in [0, 0.05) is 42.4 Å². The molecule has 0 unspecified atom stereocenters. The van der Waals surface area contributed by atoms with Crippen molar-refractivity contribution in [1.29, 1.82) is 0 Å². The summed E-state index contributed by atoms with van der Waals surface area (Å²) < 4.78 is 2.91. The maximum atomic E-state index is 9.57. The van der Waals surface area contributed by atoms with Crippen molar-refractivity contribution in [3.63, 3.8) is 0 Å². The third-order valence-corrected chi connectivity index (χ3v) is 7.31. The van der Waals surface area contributed by atoms with Crippen LogP contribution in [-0.4, -0.2) is 52.2 Å². The predicted molar refractivity (Wildman–Crippen MR) is 188 cm³/mol. The summed E-state index contributed by atoms with van der Waals surface area (Å²) in [4.78, 5) is 26.2. The minimum Gasteiger partial charge on any atom is -0.394 e. The van der Waals surface area contributed by atoms with Crippen LogP contribution >= 0.6 is 15.9 Å². The van der Waals surface area contributed by atoms with Crippen LogP contribution in [0.4, 0.5) is 11.8 Å². The van der Waals surface area contributed by atoms with Crippen LogP contribution in [0.3, 0.4) is 0 Å². The van der Waals surface area contributed by atoms with Crippen LogP contribution in [0.25, 0.3) is 22.4 Å². The van der Waals surface area contributed by atoms with Gasteiger partial charge in [0.05, 0.1) is 24.7 Å². The Bertz CT molecular complexity index is 1690. The van der Waals surface area contributed by atoms with Gasteiger partial charge in [-0.2, -0.15) is 9.97 Å². The first-order chi connectivity index (χ1) is 22.4. The van der Waals surface area contributed by atoms with Crippen molar-refractivity contribution in [1.82, 2.24) is 34.5 Å². The van der Waals surface area contributed by atoms with E-state index in [-0.39, 0.29) is 18.7 Å². The van der Waals surface area contributed by atoms with Gasteiger partial charge in [-0.25, -0.2) is 9.97 Å². The molecule has 1 aromatic carbocycles. The van der Waals surface area contributed by atoms with Gasteiger partial charge in [-0.15, -0.1) is 0 Å². The molecule has 0 fully saturated rings. The second-order valence-electron chi connectivity index (χ2n) is 10.6. The lowest BCUT2D eigenvalue weighted by Crippen LogP contribution is -2.24. The third kappa shape index (κ3) is 10.1. The van der Waals surface area contributed by atoms with Gasteiger partial charge in [0.1, 0.15) is 4.60 Å². The van der Waals surface area contributed by atoms with E-state index in [1.807, 2.05) is 73.0 Å². The van der Waals surface area contributed by atoms with Gasteiger partial charge in [0.15, 0.2) is 17.0 Å². The summed E-state index contributed by atoms with van der Waals surface area (Å²) in [6.07, 6.45) is 7.89. The molecule has 0 bridgehead atoms. The number of imidazole rings is 1. The van der Waals surface area contributed by atoms with Gasteiger partial charge in [-0.1, -0.05) is 49.4 Å². The number of fused-ring (bicyclic) bond motifs is 1. The van der Waals surface area contributed by atoms with Crippen LogP contribution < -0.4 is 10.6 Å². The van der Waals surface area contributed by atoms with E-state index in [1.165, 1.54) is 0 Å². The Morgan fingerprint density at radius 2 is 1.52 bits per heavy atom. The number of pyridine rings is 3. The van der Waals surface area contributed by atoms with Gasteiger partial charge >= 0.3 is 0 Å². The number of aryl methyl sites for hydroxylation is 1. The van der Waals surface area contributed by atoms with Crippen LogP contribution in [0.5, 0.6) is 0 Å². The predicted octanol–water partition coefficient (Wildman–Crippen LogP) is 7.50. The molecule has 5 heterocycles. The zero-order valence-corrected chi connectivity index (χ0v) is 28.1. The number of benzene rings is 1. The number of hydrogen-bond acceptors (Lipinski definition) is 9. The highest BCUT2D eigenvalue weighted by atomic mass is 79.9.